The van der Waals surface area contributed by atoms with Gasteiger partial charge in [-0.3, -0.25) is 9.59 Å². The van der Waals surface area contributed by atoms with E-state index in [1.807, 2.05) is 18.2 Å². The largest absolute Gasteiger partial charge is 0.368 e. The molecule has 2 amide bonds. The molecule has 1 saturated heterocycles. The van der Waals surface area contributed by atoms with Gasteiger partial charge in [0, 0.05) is 18.0 Å². The molecule has 1 spiro atoms. The minimum absolute atomic E-state index is 0.0878. The summed E-state index contributed by atoms with van der Waals surface area (Å²) in [7, 11) is 0. The van der Waals surface area contributed by atoms with E-state index >= 15 is 0 Å². The highest BCUT2D eigenvalue weighted by atomic mass is 16.5. The maximum Gasteiger partial charge on any atom is 0.253 e. The van der Waals surface area contributed by atoms with E-state index in [0.717, 1.165) is 55.5 Å². The van der Waals surface area contributed by atoms with Crippen LogP contribution in [0.2, 0.25) is 0 Å². The van der Waals surface area contributed by atoms with E-state index in [4.69, 9.17) is 4.74 Å². The minimum Gasteiger partial charge on any atom is -0.368 e. The van der Waals surface area contributed by atoms with Crippen LogP contribution in [0.5, 0.6) is 0 Å². The third kappa shape index (κ3) is 2.03. The summed E-state index contributed by atoms with van der Waals surface area (Å²) in [6.45, 7) is 0.657. The van der Waals surface area contributed by atoms with Crippen LogP contribution in [0.1, 0.15) is 44.1 Å². The van der Waals surface area contributed by atoms with Crippen molar-refractivity contribution in [2.24, 2.45) is 0 Å². The van der Waals surface area contributed by atoms with E-state index in [9.17, 15) is 9.59 Å². The van der Waals surface area contributed by atoms with Gasteiger partial charge in [-0.1, -0.05) is 12.8 Å². The van der Waals surface area contributed by atoms with E-state index in [1.54, 1.807) is 0 Å². The van der Waals surface area contributed by atoms with Crippen LogP contribution in [-0.4, -0.2) is 24.5 Å². The average Bonchev–Trinajstić information content (AvgIpc) is 3.24. The zero-order chi connectivity index (χ0) is 15.2. The standard InChI is InChI=1S/C17H20N2O3/c20-15(14-4-3-9-22-14)18-11-5-6-13-12(10-11)17(16(21)19-13)7-1-2-8-17/h5-6,10,14H,1-4,7-9H2,(H,18,20)(H,19,21). The summed E-state index contributed by atoms with van der Waals surface area (Å²) in [6, 6.07) is 5.71. The zero-order valence-electron chi connectivity index (χ0n) is 12.5. The Morgan fingerprint density at radius 1 is 1.27 bits per heavy atom. The lowest BCUT2D eigenvalue weighted by molar-refractivity contribution is -0.124. The van der Waals surface area contributed by atoms with Gasteiger partial charge in [0.05, 0.1) is 5.41 Å². The van der Waals surface area contributed by atoms with Crippen LogP contribution in [0.25, 0.3) is 0 Å². The van der Waals surface area contributed by atoms with E-state index < -0.39 is 0 Å². The lowest BCUT2D eigenvalue weighted by Crippen LogP contribution is -2.31. The Hall–Kier alpha value is -1.88. The summed E-state index contributed by atoms with van der Waals surface area (Å²) >= 11 is 0. The molecular weight excluding hydrogens is 280 g/mol. The molecule has 22 heavy (non-hydrogen) atoms. The normalized spacial score (nSPS) is 25.3. The molecule has 4 rings (SSSR count). The quantitative estimate of drug-likeness (QED) is 0.882. The highest BCUT2D eigenvalue weighted by Crippen LogP contribution is 2.49. The first-order valence-electron chi connectivity index (χ1n) is 8.07. The molecule has 2 N–H and O–H groups in total. The Morgan fingerprint density at radius 2 is 2.09 bits per heavy atom. The van der Waals surface area contributed by atoms with Crippen LogP contribution in [0.3, 0.4) is 0 Å². The molecule has 1 aromatic carbocycles. The lowest BCUT2D eigenvalue weighted by Gasteiger charge is -2.21. The van der Waals surface area contributed by atoms with Gasteiger partial charge in [0.25, 0.3) is 5.91 Å². The molecule has 0 bridgehead atoms. The van der Waals surface area contributed by atoms with Gasteiger partial charge in [0.15, 0.2) is 0 Å². The molecule has 3 aliphatic rings. The molecule has 2 aliphatic heterocycles. The van der Waals surface area contributed by atoms with Crippen molar-refractivity contribution in [3.63, 3.8) is 0 Å². The highest BCUT2D eigenvalue weighted by Gasteiger charge is 2.48. The maximum absolute atomic E-state index is 12.4. The molecule has 1 aliphatic carbocycles. The number of fused-ring (bicyclic) bond motifs is 2. The number of rotatable bonds is 2. The van der Waals surface area contributed by atoms with Gasteiger partial charge in [-0.25, -0.2) is 0 Å². The van der Waals surface area contributed by atoms with Crippen LogP contribution in [0, 0.1) is 0 Å². The minimum atomic E-state index is -0.375. The fraction of sp³-hybridized carbons (Fsp3) is 0.529. The van der Waals surface area contributed by atoms with Crippen molar-refractivity contribution in [1.82, 2.24) is 0 Å². The van der Waals surface area contributed by atoms with Crippen LogP contribution >= 0.6 is 0 Å². The summed E-state index contributed by atoms with van der Waals surface area (Å²) in [5.74, 6) is 0.0257. The summed E-state index contributed by atoms with van der Waals surface area (Å²) in [4.78, 5) is 24.6. The van der Waals surface area contributed by atoms with Crippen molar-refractivity contribution in [2.75, 3.05) is 17.2 Å². The number of benzene rings is 1. The third-order valence-corrected chi connectivity index (χ3v) is 5.16. The van der Waals surface area contributed by atoms with Crippen molar-refractivity contribution in [2.45, 2.75) is 50.0 Å². The maximum atomic E-state index is 12.4. The molecule has 1 saturated carbocycles. The van der Waals surface area contributed by atoms with Gasteiger partial charge in [-0.2, -0.15) is 0 Å². The van der Waals surface area contributed by atoms with Crippen molar-refractivity contribution in [3.8, 4) is 0 Å². The van der Waals surface area contributed by atoms with Crippen LogP contribution < -0.4 is 10.6 Å². The predicted octanol–water partition coefficient (Wildman–Crippen LogP) is 2.57. The monoisotopic (exact) mass is 300 g/mol. The van der Waals surface area contributed by atoms with Crippen molar-refractivity contribution in [3.05, 3.63) is 23.8 Å². The van der Waals surface area contributed by atoms with Gasteiger partial charge in [-0.15, -0.1) is 0 Å². The highest BCUT2D eigenvalue weighted by molar-refractivity contribution is 6.07. The number of nitrogens with one attached hydrogen (secondary N) is 2. The van der Waals surface area contributed by atoms with Gasteiger partial charge in [0.2, 0.25) is 5.91 Å². The molecule has 5 nitrogen and oxygen atoms in total. The smallest absolute Gasteiger partial charge is 0.253 e. The van der Waals surface area contributed by atoms with Crippen molar-refractivity contribution in [1.29, 1.82) is 0 Å². The first-order chi connectivity index (χ1) is 10.7. The Bertz CT molecular complexity index is 629. The Kier molecular flexibility index (Phi) is 3.18. The predicted molar refractivity (Wildman–Crippen MR) is 82.8 cm³/mol. The number of hydrogen-bond acceptors (Lipinski definition) is 3. The molecule has 0 aromatic heterocycles. The molecule has 1 unspecified atom stereocenters. The summed E-state index contributed by atoms with van der Waals surface area (Å²) in [6.07, 6.45) is 5.33. The van der Waals surface area contributed by atoms with Gasteiger partial charge < -0.3 is 15.4 Å². The Balaban J connectivity index is 1.60. The number of carbonyl (C=O) groups excluding carboxylic acids is 2. The van der Waals surface area contributed by atoms with E-state index in [2.05, 4.69) is 10.6 Å². The second-order valence-electron chi connectivity index (χ2n) is 6.49. The number of amides is 2. The molecule has 1 aromatic rings. The third-order valence-electron chi connectivity index (χ3n) is 5.16. The van der Waals surface area contributed by atoms with E-state index in [1.165, 1.54) is 0 Å². The van der Waals surface area contributed by atoms with E-state index in [-0.39, 0.29) is 23.3 Å². The average molecular weight is 300 g/mol. The van der Waals surface area contributed by atoms with Crippen LogP contribution in [-0.2, 0) is 19.7 Å². The first-order valence-corrected chi connectivity index (χ1v) is 8.07. The number of anilines is 2. The first kappa shape index (κ1) is 13.8. The number of carbonyl (C=O) groups is 2. The summed E-state index contributed by atoms with van der Waals surface area (Å²) in [5.41, 5.74) is 2.31. The number of hydrogen-bond donors (Lipinski definition) is 2. The second-order valence-corrected chi connectivity index (χ2v) is 6.49. The molecule has 0 radical (unpaired) electrons. The molecular formula is C17H20N2O3. The summed E-state index contributed by atoms with van der Waals surface area (Å²) < 4.78 is 5.41. The van der Waals surface area contributed by atoms with Gasteiger partial charge >= 0.3 is 0 Å². The zero-order valence-corrected chi connectivity index (χ0v) is 12.5. The Labute approximate surface area is 129 Å². The molecule has 116 valence electrons. The topological polar surface area (TPSA) is 67.4 Å². The Morgan fingerprint density at radius 3 is 2.82 bits per heavy atom. The molecule has 2 heterocycles. The molecule has 1 atom stereocenters. The fourth-order valence-electron chi connectivity index (χ4n) is 3.97. The van der Waals surface area contributed by atoms with Crippen LogP contribution in [0.15, 0.2) is 18.2 Å². The lowest BCUT2D eigenvalue weighted by atomic mass is 9.80. The second kappa shape index (κ2) is 5.09. The van der Waals surface area contributed by atoms with Crippen LogP contribution in [0.4, 0.5) is 11.4 Å². The van der Waals surface area contributed by atoms with E-state index in [0.29, 0.717) is 6.61 Å². The van der Waals surface area contributed by atoms with Gasteiger partial charge in [-0.05, 0) is 49.4 Å². The fourth-order valence-corrected chi connectivity index (χ4v) is 3.97. The van der Waals surface area contributed by atoms with Crippen molar-refractivity contribution < 1.29 is 14.3 Å². The van der Waals surface area contributed by atoms with Gasteiger partial charge in [0.1, 0.15) is 6.10 Å². The number of ether oxygens (including phenoxy) is 1. The van der Waals surface area contributed by atoms with Crippen molar-refractivity contribution >= 4 is 23.2 Å². The molecule has 5 heteroatoms. The summed E-state index contributed by atoms with van der Waals surface area (Å²) in [5, 5.41) is 5.92. The molecule has 2 fully saturated rings. The SMILES string of the molecule is O=C(Nc1ccc2c(c1)C1(CCCC1)C(=O)N2)C1CCCO1.